The summed E-state index contributed by atoms with van der Waals surface area (Å²) in [5.41, 5.74) is 0. The lowest BCUT2D eigenvalue weighted by Gasteiger charge is -2.23. The Morgan fingerprint density at radius 2 is 2.00 bits per heavy atom. The zero-order chi connectivity index (χ0) is 7.40. The first-order chi connectivity index (χ1) is 4.88. The van der Waals surface area contributed by atoms with Crippen molar-refractivity contribution in [2.75, 3.05) is 20.1 Å². The summed E-state index contributed by atoms with van der Waals surface area (Å²) < 4.78 is 0. The van der Waals surface area contributed by atoms with Gasteiger partial charge in [0.25, 0.3) is 0 Å². The predicted octanol–water partition coefficient (Wildman–Crippen LogP) is 1.05. The van der Waals surface area contributed by atoms with Gasteiger partial charge in [0.05, 0.1) is 6.17 Å². The number of nitrogens with zero attached hydrogens (tertiary/aromatic N) is 2. The number of rotatable bonds is 3. The van der Waals surface area contributed by atoms with Crippen LogP contribution >= 0.6 is 0 Å². The Morgan fingerprint density at radius 1 is 1.40 bits per heavy atom. The van der Waals surface area contributed by atoms with E-state index in [1.807, 2.05) is 7.05 Å². The van der Waals surface area contributed by atoms with Crippen LogP contribution in [0, 0.1) is 0 Å². The van der Waals surface area contributed by atoms with Crippen LogP contribution in [0.15, 0.2) is 0 Å². The summed E-state index contributed by atoms with van der Waals surface area (Å²) in [4.78, 5) is 2.47. The second-order valence-corrected chi connectivity index (χ2v) is 2.89. The molecule has 1 rings (SSSR count). The lowest BCUT2D eigenvalue weighted by atomic mass is 10.3. The maximum atomic E-state index is 4.31. The molecule has 1 aliphatic heterocycles. The van der Waals surface area contributed by atoms with E-state index in [0.717, 1.165) is 6.42 Å². The maximum Gasteiger partial charge on any atom is 0.0754 e. The molecule has 59 valence electrons. The van der Waals surface area contributed by atoms with Crippen molar-refractivity contribution in [3.63, 3.8) is 0 Å². The third-order valence-electron chi connectivity index (χ3n) is 2.23. The van der Waals surface area contributed by atoms with E-state index in [0.29, 0.717) is 6.17 Å². The molecule has 0 aromatic carbocycles. The molecule has 0 aromatic rings. The molecule has 0 amide bonds. The normalized spacial score (nSPS) is 23.4. The van der Waals surface area contributed by atoms with E-state index in [9.17, 15) is 0 Å². The van der Waals surface area contributed by atoms with E-state index < -0.39 is 0 Å². The van der Waals surface area contributed by atoms with Gasteiger partial charge in [-0.25, -0.2) is 5.32 Å². The zero-order valence-electron chi connectivity index (χ0n) is 7.01. The van der Waals surface area contributed by atoms with Crippen LogP contribution in [0.3, 0.4) is 0 Å². The van der Waals surface area contributed by atoms with Gasteiger partial charge in [0, 0.05) is 7.05 Å². The van der Waals surface area contributed by atoms with Crippen molar-refractivity contribution in [1.29, 1.82) is 0 Å². The molecule has 0 bridgehead atoms. The van der Waals surface area contributed by atoms with Crippen molar-refractivity contribution in [2.45, 2.75) is 32.4 Å². The molecule has 1 saturated heterocycles. The average molecular weight is 141 g/mol. The van der Waals surface area contributed by atoms with Gasteiger partial charge in [0.15, 0.2) is 0 Å². The second kappa shape index (κ2) is 3.94. The monoisotopic (exact) mass is 141 g/mol. The fourth-order valence-corrected chi connectivity index (χ4v) is 1.64. The minimum atomic E-state index is 0.502. The number of likely N-dealkylation sites (tertiary alicyclic amines) is 1. The smallest absolute Gasteiger partial charge is 0.0754 e. The molecule has 1 fully saturated rings. The molecule has 0 aromatic heterocycles. The van der Waals surface area contributed by atoms with Crippen molar-refractivity contribution in [3.8, 4) is 0 Å². The van der Waals surface area contributed by atoms with E-state index >= 15 is 0 Å². The van der Waals surface area contributed by atoms with Crippen molar-refractivity contribution in [1.82, 2.24) is 10.2 Å². The van der Waals surface area contributed by atoms with Crippen LogP contribution in [-0.4, -0.2) is 31.2 Å². The van der Waals surface area contributed by atoms with Crippen LogP contribution in [-0.2, 0) is 0 Å². The van der Waals surface area contributed by atoms with Gasteiger partial charge in [0.1, 0.15) is 0 Å². The molecule has 1 unspecified atom stereocenters. The second-order valence-electron chi connectivity index (χ2n) is 2.89. The van der Waals surface area contributed by atoms with Crippen LogP contribution in [0.1, 0.15) is 26.2 Å². The molecule has 1 radical (unpaired) electrons. The molecule has 2 heteroatoms. The Labute approximate surface area is 63.6 Å². The zero-order valence-corrected chi connectivity index (χ0v) is 7.01. The van der Waals surface area contributed by atoms with Crippen molar-refractivity contribution in [2.24, 2.45) is 0 Å². The quantitative estimate of drug-likeness (QED) is 0.574. The summed E-state index contributed by atoms with van der Waals surface area (Å²) in [6.07, 6.45) is 4.40. The average Bonchev–Trinajstić information content (AvgIpc) is 2.43. The van der Waals surface area contributed by atoms with Crippen LogP contribution in [0.25, 0.3) is 0 Å². The topological polar surface area (TPSA) is 17.3 Å². The molecule has 10 heavy (non-hydrogen) atoms. The van der Waals surface area contributed by atoms with Crippen molar-refractivity contribution < 1.29 is 0 Å². The molecule has 0 N–H and O–H groups in total. The van der Waals surface area contributed by atoms with Gasteiger partial charge in [0.2, 0.25) is 0 Å². The Bertz CT molecular complexity index is 83.3. The number of hydrogen-bond donors (Lipinski definition) is 0. The maximum absolute atomic E-state index is 4.31. The predicted molar refractivity (Wildman–Crippen MR) is 42.9 cm³/mol. The summed E-state index contributed by atoms with van der Waals surface area (Å²) in [6.45, 7) is 4.72. The third kappa shape index (κ3) is 1.70. The fourth-order valence-electron chi connectivity index (χ4n) is 1.64. The first kappa shape index (κ1) is 8.02. The van der Waals surface area contributed by atoms with Crippen LogP contribution < -0.4 is 5.32 Å². The van der Waals surface area contributed by atoms with E-state index in [1.54, 1.807) is 0 Å². The molecule has 1 heterocycles. The standard InChI is InChI=1S/C8H17N2/c1-3-8(9-2)10-6-4-5-7-10/h8H,3-7H2,1-2H3. The van der Waals surface area contributed by atoms with Gasteiger partial charge in [-0.2, -0.15) is 0 Å². The Hall–Kier alpha value is -0.0800. The highest BCUT2D eigenvalue weighted by Crippen LogP contribution is 2.11. The Balaban J connectivity index is 2.29. The van der Waals surface area contributed by atoms with Crippen LogP contribution in [0.4, 0.5) is 0 Å². The molecular formula is C8H17N2. The highest BCUT2D eigenvalue weighted by atomic mass is 15.3. The van der Waals surface area contributed by atoms with E-state index in [-0.39, 0.29) is 0 Å². The van der Waals surface area contributed by atoms with E-state index in [4.69, 9.17) is 0 Å². The van der Waals surface area contributed by atoms with Crippen molar-refractivity contribution in [3.05, 3.63) is 0 Å². The van der Waals surface area contributed by atoms with Gasteiger partial charge in [-0.3, -0.25) is 4.90 Å². The minimum absolute atomic E-state index is 0.502. The summed E-state index contributed by atoms with van der Waals surface area (Å²) in [7, 11) is 1.92. The van der Waals surface area contributed by atoms with Gasteiger partial charge in [-0.05, 0) is 32.4 Å². The van der Waals surface area contributed by atoms with Gasteiger partial charge in [-0.1, -0.05) is 6.92 Å². The van der Waals surface area contributed by atoms with Gasteiger partial charge >= 0.3 is 0 Å². The molecule has 0 spiro atoms. The largest absolute Gasteiger partial charge is 0.287 e. The highest BCUT2D eigenvalue weighted by molar-refractivity contribution is 4.71. The summed E-state index contributed by atoms with van der Waals surface area (Å²) in [5, 5.41) is 4.31. The molecule has 1 aliphatic rings. The Morgan fingerprint density at radius 3 is 2.40 bits per heavy atom. The minimum Gasteiger partial charge on any atom is -0.287 e. The van der Waals surface area contributed by atoms with Gasteiger partial charge in [-0.15, -0.1) is 0 Å². The van der Waals surface area contributed by atoms with Crippen LogP contribution in [0.5, 0.6) is 0 Å². The fraction of sp³-hybridized carbons (Fsp3) is 1.00. The molecule has 1 atom stereocenters. The summed E-state index contributed by atoms with van der Waals surface area (Å²) in [5.74, 6) is 0. The molecule has 0 aliphatic carbocycles. The summed E-state index contributed by atoms with van der Waals surface area (Å²) >= 11 is 0. The molecule has 0 saturated carbocycles. The molecular weight excluding hydrogens is 124 g/mol. The van der Waals surface area contributed by atoms with E-state index in [2.05, 4.69) is 17.1 Å². The van der Waals surface area contributed by atoms with Crippen molar-refractivity contribution >= 4 is 0 Å². The van der Waals surface area contributed by atoms with Gasteiger partial charge < -0.3 is 0 Å². The lowest BCUT2D eigenvalue weighted by Crippen LogP contribution is -2.37. The number of hydrogen-bond acceptors (Lipinski definition) is 1. The SMILES string of the molecule is CCC([N]C)N1CCCC1. The van der Waals surface area contributed by atoms with Crippen LogP contribution in [0.2, 0.25) is 0 Å². The Kier molecular flexibility index (Phi) is 3.16. The molecule has 2 nitrogen and oxygen atoms in total. The first-order valence-electron chi connectivity index (χ1n) is 4.21. The summed E-state index contributed by atoms with van der Waals surface area (Å²) in [6, 6.07) is 0. The van der Waals surface area contributed by atoms with E-state index in [1.165, 1.54) is 25.9 Å². The third-order valence-corrected chi connectivity index (χ3v) is 2.23. The highest BCUT2D eigenvalue weighted by Gasteiger charge is 2.18. The lowest BCUT2D eigenvalue weighted by molar-refractivity contribution is 0.204. The first-order valence-corrected chi connectivity index (χ1v) is 4.21.